The molecule has 8 heteroatoms. The third kappa shape index (κ3) is 4.16. The van der Waals surface area contributed by atoms with Crippen LogP contribution in [0, 0.1) is 0 Å². The van der Waals surface area contributed by atoms with Gasteiger partial charge in [0, 0.05) is 27.3 Å². The van der Waals surface area contributed by atoms with E-state index in [2.05, 4.69) is 4.72 Å². The fourth-order valence-electron chi connectivity index (χ4n) is 1.66. The van der Waals surface area contributed by atoms with E-state index in [0.29, 0.717) is 26.3 Å². The Bertz CT molecular complexity index is 311. The molecular weight excluding hydrogens is 248 g/mol. The molecule has 0 aromatic rings. The number of nitrogens with one attached hydrogen (secondary N) is 1. The first-order chi connectivity index (χ1) is 8.01. The van der Waals surface area contributed by atoms with E-state index < -0.39 is 22.5 Å². The molecule has 1 N–H and O–H groups in total. The van der Waals surface area contributed by atoms with Gasteiger partial charge in [-0.2, -0.15) is 17.4 Å². The molecule has 0 radical (unpaired) electrons. The van der Waals surface area contributed by atoms with E-state index in [9.17, 15) is 8.42 Å². The minimum absolute atomic E-state index is 0.368. The van der Waals surface area contributed by atoms with Crippen molar-refractivity contribution in [2.45, 2.75) is 19.3 Å². The molecule has 0 saturated carbocycles. The van der Waals surface area contributed by atoms with Crippen LogP contribution < -0.4 is 4.72 Å². The molecule has 1 heterocycles. The van der Waals surface area contributed by atoms with E-state index in [1.165, 1.54) is 18.5 Å². The van der Waals surface area contributed by atoms with Crippen molar-refractivity contribution in [3.8, 4) is 0 Å². The summed E-state index contributed by atoms with van der Waals surface area (Å²) in [5.74, 6) is 0. The number of nitrogens with zero attached hydrogens (tertiary/aromatic N) is 1. The average molecular weight is 268 g/mol. The Kier molecular flexibility index (Phi) is 5.77. The van der Waals surface area contributed by atoms with Crippen molar-refractivity contribution in [1.82, 2.24) is 9.03 Å². The Labute approximate surface area is 102 Å². The number of morpholine rings is 1. The Balaban J connectivity index is 2.58. The zero-order chi connectivity index (χ0) is 12.9. The third-order valence-corrected chi connectivity index (χ3v) is 4.23. The number of ether oxygens (including phenoxy) is 3. The molecule has 7 nitrogen and oxygen atoms in total. The molecule has 1 aliphatic rings. The lowest BCUT2D eigenvalue weighted by Crippen LogP contribution is -2.52. The summed E-state index contributed by atoms with van der Waals surface area (Å²) in [5.41, 5.74) is 0. The highest BCUT2D eigenvalue weighted by Gasteiger charge is 2.28. The van der Waals surface area contributed by atoms with Crippen molar-refractivity contribution in [2.24, 2.45) is 0 Å². The highest BCUT2D eigenvalue weighted by atomic mass is 32.2. The van der Waals surface area contributed by atoms with Crippen LogP contribution in [0.3, 0.4) is 0 Å². The number of hydrogen-bond donors (Lipinski definition) is 1. The summed E-state index contributed by atoms with van der Waals surface area (Å²) >= 11 is 0. The van der Waals surface area contributed by atoms with Crippen LogP contribution in [-0.4, -0.2) is 65.6 Å². The number of hydrogen-bond acceptors (Lipinski definition) is 5. The Hall–Kier alpha value is -0.250. The molecule has 1 saturated heterocycles. The van der Waals surface area contributed by atoms with Crippen LogP contribution in [0.5, 0.6) is 0 Å². The van der Waals surface area contributed by atoms with Gasteiger partial charge in [-0.1, -0.05) is 0 Å². The maximum Gasteiger partial charge on any atom is 0.280 e. The van der Waals surface area contributed by atoms with Gasteiger partial charge in [0.15, 0.2) is 6.29 Å². The first kappa shape index (κ1) is 14.8. The zero-order valence-corrected chi connectivity index (χ0v) is 11.2. The maximum absolute atomic E-state index is 12.0. The van der Waals surface area contributed by atoms with Gasteiger partial charge in [0.1, 0.15) is 0 Å². The second-order valence-corrected chi connectivity index (χ2v) is 5.47. The van der Waals surface area contributed by atoms with Gasteiger partial charge in [0.2, 0.25) is 0 Å². The monoisotopic (exact) mass is 268 g/mol. The van der Waals surface area contributed by atoms with Gasteiger partial charge in [-0.25, -0.2) is 0 Å². The Morgan fingerprint density at radius 3 is 2.24 bits per heavy atom. The summed E-state index contributed by atoms with van der Waals surface area (Å²) < 4.78 is 42.9. The second kappa shape index (κ2) is 6.62. The summed E-state index contributed by atoms with van der Waals surface area (Å²) in [6.45, 7) is 3.27. The van der Waals surface area contributed by atoms with Crippen molar-refractivity contribution in [2.75, 3.05) is 40.5 Å². The smallest absolute Gasteiger partial charge is 0.280 e. The first-order valence-electron chi connectivity index (χ1n) is 5.42. The lowest BCUT2D eigenvalue weighted by Gasteiger charge is -2.29. The predicted octanol–water partition coefficient (Wildman–Crippen LogP) is -0.840. The van der Waals surface area contributed by atoms with Gasteiger partial charge in [-0.15, -0.1) is 0 Å². The van der Waals surface area contributed by atoms with Crippen LogP contribution in [0.4, 0.5) is 0 Å². The zero-order valence-electron chi connectivity index (χ0n) is 10.4. The Morgan fingerprint density at radius 2 is 1.76 bits per heavy atom. The average Bonchev–Trinajstić information content (AvgIpc) is 2.31. The highest BCUT2D eigenvalue weighted by molar-refractivity contribution is 7.87. The van der Waals surface area contributed by atoms with E-state index in [-0.39, 0.29) is 0 Å². The number of methoxy groups -OCH3 is 2. The molecule has 1 fully saturated rings. The standard InChI is InChI=1S/C9H20N2O5S/c1-8(9(14-2)15-3)10-17(12,13)11-4-6-16-7-5-11/h8-10H,4-7H2,1-3H3. The summed E-state index contributed by atoms with van der Waals surface area (Å²) in [4.78, 5) is 0. The molecule has 102 valence electrons. The molecule has 1 unspecified atom stereocenters. The Morgan fingerprint density at radius 1 is 1.24 bits per heavy atom. The molecule has 0 aliphatic carbocycles. The van der Waals surface area contributed by atoms with Gasteiger partial charge in [-0.3, -0.25) is 0 Å². The summed E-state index contributed by atoms with van der Waals surface area (Å²) in [7, 11) is -0.572. The van der Waals surface area contributed by atoms with Gasteiger partial charge in [0.25, 0.3) is 10.2 Å². The lowest BCUT2D eigenvalue weighted by molar-refractivity contribution is -0.116. The summed E-state index contributed by atoms with van der Waals surface area (Å²) in [6, 6.07) is -0.460. The first-order valence-corrected chi connectivity index (χ1v) is 6.86. The fourth-order valence-corrected chi connectivity index (χ4v) is 3.02. The van der Waals surface area contributed by atoms with E-state index in [4.69, 9.17) is 14.2 Å². The summed E-state index contributed by atoms with van der Waals surface area (Å²) in [6.07, 6.45) is -0.606. The van der Waals surface area contributed by atoms with Crippen LogP contribution in [0.1, 0.15) is 6.92 Å². The van der Waals surface area contributed by atoms with E-state index in [1.54, 1.807) is 6.92 Å². The minimum atomic E-state index is -3.50. The summed E-state index contributed by atoms with van der Waals surface area (Å²) in [5, 5.41) is 0. The molecule has 0 aromatic carbocycles. The molecule has 1 aliphatic heterocycles. The highest BCUT2D eigenvalue weighted by Crippen LogP contribution is 2.06. The molecule has 0 amide bonds. The van der Waals surface area contributed by atoms with Crippen LogP contribution >= 0.6 is 0 Å². The quantitative estimate of drug-likeness (QED) is 0.636. The van der Waals surface area contributed by atoms with Gasteiger partial charge >= 0.3 is 0 Å². The lowest BCUT2D eigenvalue weighted by atomic mass is 10.3. The molecule has 0 bridgehead atoms. The van der Waals surface area contributed by atoms with E-state index >= 15 is 0 Å². The second-order valence-electron chi connectivity index (χ2n) is 3.76. The van der Waals surface area contributed by atoms with Gasteiger partial charge in [0.05, 0.1) is 19.3 Å². The van der Waals surface area contributed by atoms with Crippen molar-refractivity contribution >= 4 is 10.2 Å². The number of rotatable bonds is 6. The normalized spacial score (nSPS) is 20.7. The van der Waals surface area contributed by atoms with Crippen molar-refractivity contribution in [1.29, 1.82) is 0 Å². The van der Waals surface area contributed by atoms with Gasteiger partial charge < -0.3 is 14.2 Å². The molecule has 1 rings (SSSR count). The van der Waals surface area contributed by atoms with Crippen molar-refractivity contribution in [3.05, 3.63) is 0 Å². The third-order valence-electron chi connectivity index (χ3n) is 2.52. The molecule has 0 aromatic heterocycles. The van der Waals surface area contributed by atoms with Crippen molar-refractivity contribution < 1.29 is 22.6 Å². The van der Waals surface area contributed by atoms with Gasteiger partial charge in [-0.05, 0) is 6.92 Å². The van der Waals surface area contributed by atoms with E-state index in [1.807, 2.05) is 0 Å². The minimum Gasteiger partial charge on any atom is -0.379 e. The van der Waals surface area contributed by atoms with Crippen LogP contribution in [0.25, 0.3) is 0 Å². The fraction of sp³-hybridized carbons (Fsp3) is 1.00. The van der Waals surface area contributed by atoms with E-state index in [0.717, 1.165) is 0 Å². The molecule has 0 spiro atoms. The molecule has 17 heavy (non-hydrogen) atoms. The van der Waals surface area contributed by atoms with Crippen LogP contribution in [0.15, 0.2) is 0 Å². The van der Waals surface area contributed by atoms with Crippen LogP contribution in [-0.2, 0) is 24.4 Å². The largest absolute Gasteiger partial charge is 0.379 e. The predicted molar refractivity (Wildman–Crippen MR) is 61.7 cm³/mol. The van der Waals surface area contributed by atoms with Crippen molar-refractivity contribution in [3.63, 3.8) is 0 Å². The SMILES string of the molecule is COC(OC)C(C)NS(=O)(=O)N1CCOCC1. The maximum atomic E-state index is 12.0. The topological polar surface area (TPSA) is 77.1 Å². The van der Waals surface area contributed by atoms with Crippen LogP contribution in [0.2, 0.25) is 0 Å². The molecule has 1 atom stereocenters. The molecular formula is C9H20N2O5S.